The number of rotatable bonds is 25. The van der Waals surface area contributed by atoms with Gasteiger partial charge in [-0.15, -0.1) is 0 Å². The second-order valence-corrected chi connectivity index (χ2v) is 14.9. The van der Waals surface area contributed by atoms with Crippen molar-refractivity contribution in [2.75, 3.05) is 6.61 Å². The Hall–Kier alpha value is -6.35. The molecule has 0 bridgehead atoms. The van der Waals surface area contributed by atoms with E-state index in [0.29, 0.717) is 5.56 Å². The molecule has 3 amide bonds. The first-order chi connectivity index (χ1) is 28.9. The van der Waals surface area contributed by atoms with Crippen LogP contribution in [0.15, 0.2) is 38.6 Å². The summed E-state index contributed by atoms with van der Waals surface area (Å²) in [5, 5.41) is 82.3. The van der Waals surface area contributed by atoms with Crippen LogP contribution in [0.5, 0.6) is 0 Å². The molecule has 0 saturated carbocycles. The van der Waals surface area contributed by atoms with E-state index in [9.17, 15) is 93.1 Å². The summed E-state index contributed by atoms with van der Waals surface area (Å²) in [7, 11) is -5.59. The highest BCUT2D eigenvalue weighted by atomic mass is 31.2. The van der Waals surface area contributed by atoms with Gasteiger partial charge >= 0.3 is 5.69 Å². The van der Waals surface area contributed by atoms with Gasteiger partial charge in [0.2, 0.25) is 17.7 Å². The molecule has 1 aromatic rings. The van der Waals surface area contributed by atoms with Crippen LogP contribution in [0.3, 0.4) is 0 Å². The molecule has 1 unspecified atom stereocenters. The summed E-state index contributed by atoms with van der Waals surface area (Å²) in [6.07, 6.45) is -12.8. The zero-order chi connectivity index (χ0) is 46.6. The van der Waals surface area contributed by atoms with Crippen LogP contribution in [0.4, 0.5) is 0 Å². The Bertz CT molecular complexity index is 2360. The minimum Gasteiger partial charge on any atom is -0.756 e. The van der Waals surface area contributed by atoms with E-state index in [1.54, 1.807) is 0 Å². The Labute approximate surface area is 346 Å². The molecular formula is C34H38N6O21P-5. The van der Waals surface area contributed by atoms with Crippen molar-refractivity contribution in [1.82, 2.24) is 30.5 Å². The number of hydrogen-bond donors (Lipinski definition) is 8. The van der Waals surface area contributed by atoms with Crippen molar-refractivity contribution in [1.29, 1.82) is 0 Å². The number of aliphatic carboxylic acids is 4. The van der Waals surface area contributed by atoms with Gasteiger partial charge in [0.05, 0.1) is 60.3 Å². The van der Waals surface area contributed by atoms with Crippen molar-refractivity contribution in [3.05, 3.63) is 55.3 Å². The Morgan fingerprint density at radius 2 is 1.31 bits per heavy atom. The van der Waals surface area contributed by atoms with E-state index in [2.05, 4.69) is 14.0 Å². The number of fused-ring (bicyclic) bond motifs is 2. The van der Waals surface area contributed by atoms with Crippen LogP contribution in [-0.2, 0) is 53.7 Å². The number of carboxylic acids is 4. The summed E-state index contributed by atoms with van der Waals surface area (Å²) < 4.78 is 22.7. The van der Waals surface area contributed by atoms with Crippen LogP contribution in [-0.4, -0.2) is 121 Å². The lowest BCUT2D eigenvalue weighted by molar-refractivity contribution is -0.311. The molecular weight excluding hydrogens is 859 g/mol. The molecule has 27 nitrogen and oxygen atoms in total. The summed E-state index contributed by atoms with van der Waals surface area (Å²) in [6.45, 7) is -1.18. The molecule has 1 aromatic heterocycles. The number of nitrogens with one attached hydrogen (secondary N) is 5. The number of phosphoric acid groups is 1. The van der Waals surface area contributed by atoms with Gasteiger partial charge in [-0.25, -0.2) is 4.79 Å². The number of aliphatic hydroxyl groups is 3. The third kappa shape index (κ3) is 14.7. The Kier molecular flexibility index (Phi) is 17.7. The molecule has 3 rings (SSSR count). The summed E-state index contributed by atoms with van der Waals surface area (Å²) >= 11 is 0. The molecule has 0 saturated heterocycles. The van der Waals surface area contributed by atoms with E-state index >= 15 is 0 Å². The fourth-order valence-corrected chi connectivity index (χ4v) is 6.53. The summed E-state index contributed by atoms with van der Waals surface area (Å²) in [5.74, 6) is -11.0. The zero-order valence-corrected chi connectivity index (χ0v) is 33.0. The number of hydrogen-bond acceptors (Lipinski definition) is 21. The number of amides is 3. The summed E-state index contributed by atoms with van der Waals surface area (Å²) in [5.41, 5.74) is -2.12. The molecule has 0 aromatic carbocycles. The van der Waals surface area contributed by atoms with Crippen molar-refractivity contribution >= 4 is 60.5 Å². The van der Waals surface area contributed by atoms with E-state index < -0.39 is 160 Å². The summed E-state index contributed by atoms with van der Waals surface area (Å²) in [4.78, 5) is 135. The number of nitrogens with zero attached hydrogens (tertiary/aromatic N) is 1. The molecule has 0 radical (unpaired) electrons. The van der Waals surface area contributed by atoms with E-state index in [-0.39, 0.29) is 16.7 Å². The van der Waals surface area contributed by atoms with Crippen molar-refractivity contribution in [2.45, 2.75) is 94.5 Å². The number of pyridine rings is 1. The minimum absolute atomic E-state index is 0.0843. The normalized spacial score (nSPS) is 15.8. The molecule has 1 aliphatic heterocycles. The highest BCUT2D eigenvalue weighted by molar-refractivity contribution is 7.45. The molecule has 8 atom stereocenters. The Balaban J connectivity index is 1.54. The van der Waals surface area contributed by atoms with Gasteiger partial charge in [0.1, 0.15) is 30.1 Å². The van der Waals surface area contributed by atoms with Gasteiger partial charge in [-0.1, -0.05) is 0 Å². The molecule has 28 heteroatoms. The average molecular weight is 898 g/mol. The molecule has 8 N–H and O–H groups in total. The predicted octanol–water partition coefficient (Wildman–Crippen LogP) is -9.75. The van der Waals surface area contributed by atoms with Gasteiger partial charge in [-0.05, 0) is 56.4 Å². The molecule has 2 aliphatic rings. The van der Waals surface area contributed by atoms with Crippen LogP contribution >= 0.6 is 7.82 Å². The van der Waals surface area contributed by atoms with Crippen molar-refractivity contribution < 1.29 is 87.8 Å². The number of phosphoric ester groups is 1. The number of carboxylic acid groups (broad SMARTS) is 4. The van der Waals surface area contributed by atoms with Crippen LogP contribution in [0.25, 0.3) is 22.3 Å². The molecule has 2 heterocycles. The topological polar surface area (TPSA) is 455 Å². The number of carbonyl (C=O) groups excluding carboxylic acids is 7. The van der Waals surface area contributed by atoms with Gasteiger partial charge < -0.3 is 89.4 Å². The first-order valence-corrected chi connectivity index (χ1v) is 19.5. The van der Waals surface area contributed by atoms with E-state index in [4.69, 9.17) is 0 Å². The van der Waals surface area contributed by atoms with Gasteiger partial charge in [0.25, 0.3) is 13.4 Å². The lowest BCUT2D eigenvalue weighted by Crippen LogP contribution is -2.52. The SMILES string of the molecule is C[C@H](OP(=O)([O-])OC[C@@H](O)[C@@H](O)[C@@H](O)Cn1c2cc(=O)ccc-2cc2c(=O)[nH]c(=O)[nH]c21)C(=O)N[C@@H](CCC(=O)N[C@@H](CCC(=O)N[C@@H](CCC(=O)[O-])C(=O)[O-])C(=O)[O-])C(=O)[O-]. The van der Waals surface area contributed by atoms with Gasteiger partial charge in [-0.3, -0.25) is 38.5 Å². The highest BCUT2D eigenvalue weighted by Gasteiger charge is 2.30. The molecule has 1 aliphatic carbocycles. The molecule has 0 spiro atoms. The van der Waals surface area contributed by atoms with Gasteiger partial charge in [0.15, 0.2) is 5.43 Å². The van der Waals surface area contributed by atoms with Crippen LogP contribution < -0.4 is 57.9 Å². The van der Waals surface area contributed by atoms with E-state index in [1.807, 2.05) is 20.9 Å². The Morgan fingerprint density at radius 3 is 1.84 bits per heavy atom. The standard InChI is InChI=1S/C34H43N6O21P/c1-14(29(49)37-20(33(55)56)5-8-25(45)35-18(31(51)52)4-7-24(44)36-19(32(53)54)6-9-26(46)47)61-62(58,59)60-13-23(43)27(48)22(42)12-40-21-11-16(41)3-2-15(21)10-17-28(40)38-34(57)39-30(17)50/h2-3,10-11,14,18-20,22-23,27,42-43,48H,4-9,12-13H2,1H3,(H,35,45)(H,36,44)(H,37,49)(H,46,47)(H,51,52)(H,53,54)(H,55,56)(H,58,59)(H2,38,39,50,57)/p-5/t14-,18-,19-,20-,22-,23+,27-/m0/s1. The third-order valence-corrected chi connectivity index (χ3v) is 9.88. The Morgan fingerprint density at radius 1 is 0.774 bits per heavy atom. The van der Waals surface area contributed by atoms with Crippen LogP contribution in [0, 0.1) is 0 Å². The van der Waals surface area contributed by atoms with E-state index in [1.165, 1.54) is 18.2 Å². The largest absolute Gasteiger partial charge is 0.756 e. The fraction of sp³-hybridized carbons (Fsp3) is 0.471. The number of H-pyrrole nitrogens is 2. The van der Waals surface area contributed by atoms with Crippen molar-refractivity contribution in [2.24, 2.45) is 0 Å². The van der Waals surface area contributed by atoms with E-state index in [0.717, 1.165) is 17.6 Å². The average Bonchev–Trinajstić information content (AvgIpc) is 3.17. The third-order valence-electron chi connectivity index (χ3n) is 8.84. The maximum atomic E-state index is 12.6. The number of aromatic amines is 2. The van der Waals surface area contributed by atoms with Gasteiger partial charge in [-0.2, -0.15) is 0 Å². The first kappa shape index (κ1) is 50.0. The molecule has 340 valence electrons. The fourth-order valence-electron chi connectivity index (χ4n) is 5.65. The number of aromatic nitrogens is 3. The number of benzene rings is 1. The van der Waals surface area contributed by atoms with Gasteiger partial charge in [0, 0.05) is 24.9 Å². The lowest BCUT2D eigenvalue weighted by Gasteiger charge is -2.30. The molecule has 0 fully saturated rings. The van der Waals surface area contributed by atoms with Crippen LogP contribution in [0.1, 0.15) is 45.4 Å². The second kappa shape index (κ2) is 22.0. The quantitative estimate of drug-likeness (QED) is 0.0289. The smallest absolute Gasteiger partial charge is 0.327 e. The number of aliphatic hydroxyl groups excluding tert-OH is 3. The van der Waals surface area contributed by atoms with Crippen LogP contribution in [0.2, 0.25) is 0 Å². The van der Waals surface area contributed by atoms with Crippen molar-refractivity contribution in [3.63, 3.8) is 0 Å². The highest BCUT2D eigenvalue weighted by Crippen LogP contribution is 2.40. The first-order valence-electron chi connectivity index (χ1n) is 18.1. The second-order valence-electron chi connectivity index (χ2n) is 13.5. The lowest BCUT2D eigenvalue weighted by atomic mass is 10.0. The van der Waals surface area contributed by atoms with Crippen molar-refractivity contribution in [3.8, 4) is 11.3 Å². The predicted molar refractivity (Wildman–Crippen MR) is 192 cm³/mol. The maximum Gasteiger partial charge on any atom is 0.327 e. The minimum atomic E-state index is -5.59. The number of carbonyl (C=O) groups is 7. The monoisotopic (exact) mass is 897 g/mol. The maximum absolute atomic E-state index is 12.6. The summed E-state index contributed by atoms with van der Waals surface area (Å²) in [6, 6.07) is -0.706. The molecule has 62 heavy (non-hydrogen) atoms. The zero-order valence-electron chi connectivity index (χ0n) is 32.1.